The van der Waals surface area contributed by atoms with E-state index < -0.39 is 15.8 Å². The Bertz CT molecular complexity index is 777. The van der Waals surface area contributed by atoms with Gasteiger partial charge in [-0.1, -0.05) is 12.1 Å². The molecule has 0 aliphatic carbocycles. The van der Waals surface area contributed by atoms with Gasteiger partial charge in [-0.05, 0) is 24.1 Å². The third-order valence-electron chi connectivity index (χ3n) is 3.17. The smallest absolute Gasteiger partial charge is 0.353 e. The van der Waals surface area contributed by atoms with Crippen molar-refractivity contribution in [2.24, 2.45) is 0 Å². The molecular weight excluding hydrogens is 268 g/mol. The van der Waals surface area contributed by atoms with Crippen LogP contribution in [0.15, 0.2) is 29.2 Å². The maximum absolute atomic E-state index is 11.8. The summed E-state index contributed by atoms with van der Waals surface area (Å²) in [5.74, 6) is -1.01. The highest BCUT2D eigenvalue weighted by molar-refractivity contribution is 7.91. The van der Waals surface area contributed by atoms with Crippen LogP contribution in [0.5, 0.6) is 0 Å². The molecule has 2 heterocycles. The highest BCUT2D eigenvalue weighted by Gasteiger charge is 2.28. The molecule has 1 aliphatic rings. The normalized spacial score (nSPS) is 16.2. The SMILES string of the molecule is O=C(O)c1cc(-c2cccc3c2CCS3(=O)=O)n[nH]1. The second kappa shape index (κ2) is 3.92. The Labute approximate surface area is 109 Å². The number of aromatic amines is 1. The first-order valence-corrected chi connectivity index (χ1v) is 7.28. The van der Waals surface area contributed by atoms with E-state index in [-0.39, 0.29) is 11.4 Å². The summed E-state index contributed by atoms with van der Waals surface area (Å²) in [6.45, 7) is 0. The van der Waals surface area contributed by atoms with Crippen molar-refractivity contribution >= 4 is 15.8 Å². The summed E-state index contributed by atoms with van der Waals surface area (Å²) in [6, 6.07) is 6.38. The molecule has 0 saturated carbocycles. The molecule has 0 saturated heterocycles. The molecular formula is C12H10N2O4S. The predicted octanol–water partition coefficient (Wildman–Crippen LogP) is 1.10. The van der Waals surface area contributed by atoms with E-state index in [0.29, 0.717) is 28.1 Å². The Hall–Kier alpha value is -2.15. The van der Waals surface area contributed by atoms with Crippen LogP contribution in [0.3, 0.4) is 0 Å². The number of aromatic carboxylic acids is 1. The second-order valence-electron chi connectivity index (χ2n) is 4.32. The number of H-pyrrole nitrogens is 1. The van der Waals surface area contributed by atoms with Crippen LogP contribution in [-0.2, 0) is 16.3 Å². The summed E-state index contributed by atoms with van der Waals surface area (Å²) in [6.07, 6.45) is 0.434. The number of benzene rings is 1. The number of aromatic nitrogens is 2. The summed E-state index contributed by atoms with van der Waals surface area (Å²) < 4.78 is 23.7. The lowest BCUT2D eigenvalue weighted by atomic mass is 10.0. The first-order chi connectivity index (χ1) is 8.99. The third kappa shape index (κ3) is 1.82. The fraction of sp³-hybridized carbons (Fsp3) is 0.167. The van der Waals surface area contributed by atoms with E-state index in [1.807, 2.05) is 0 Å². The van der Waals surface area contributed by atoms with Crippen LogP contribution in [0.4, 0.5) is 0 Å². The molecule has 1 aromatic carbocycles. The van der Waals surface area contributed by atoms with Crippen LogP contribution < -0.4 is 0 Å². The van der Waals surface area contributed by atoms with Gasteiger partial charge in [0.1, 0.15) is 5.69 Å². The minimum atomic E-state index is -3.20. The first kappa shape index (κ1) is 11.9. The molecule has 0 unspecified atom stereocenters. The summed E-state index contributed by atoms with van der Waals surface area (Å²) in [5, 5.41) is 15.2. The first-order valence-electron chi connectivity index (χ1n) is 5.63. The van der Waals surface area contributed by atoms with Crippen LogP contribution in [0, 0.1) is 0 Å². The average molecular weight is 278 g/mol. The topological polar surface area (TPSA) is 100 Å². The number of carboxylic acids is 1. The molecule has 1 aliphatic heterocycles. The number of fused-ring (bicyclic) bond motifs is 1. The van der Waals surface area contributed by atoms with Gasteiger partial charge >= 0.3 is 5.97 Å². The molecule has 0 bridgehead atoms. The molecule has 0 atom stereocenters. The highest BCUT2D eigenvalue weighted by atomic mass is 32.2. The number of hydrogen-bond acceptors (Lipinski definition) is 4. The third-order valence-corrected chi connectivity index (χ3v) is 4.97. The van der Waals surface area contributed by atoms with Gasteiger partial charge in [0.05, 0.1) is 16.3 Å². The Morgan fingerprint density at radius 1 is 1.37 bits per heavy atom. The molecule has 0 radical (unpaired) electrons. The number of rotatable bonds is 2. The van der Waals surface area contributed by atoms with Gasteiger partial charge in [-0.2, -0.15) is 5.10 Å². The molecule has 19 heavy (non-hydrogen) atoms. The summed E-state index contributed by atoms with van der Waals surface area (Å²) in [5.41, 5.74) is 1.81. The van der Waals surface area contributed by atoms with Crippen LogP contribution in [0.25, 0.3) is 11.3 Å². The number of nitrogens with one attached hydrogen (secondary N) is 1. The average Bonchev–Trinajstić information content (AvgIpc) is 2.95. The van der Waals surface area contributed by atoms with Crippen LogP contribution in [0.1, 0.15) is 16.1 Å². The molecule has 6 nitrogen and oxygen atoms in total. The molecule has 1 aromatic heterocycles. The zero-order chi connectivity index (χ0) is 13.6. The van der Waals surface area contributed by atoms with Crippen molar-refractivity contribution in [3.63, 3.8) is 0 Å². The minimum Gasteiger partial charge on any atom is -0.477 e. The Morgan fingerprint density at radius 2 is 2.16 bits per heavy atom. The molecule has 0 fully saturated rings. The van der Waals surface area contributed by atoms with Crippen molar-refractivity contribution in [3.05, 3.63) is 35.5 Å². The van der Waals surface area contributed by atoms with Crippen LogP contribution in [-0.4, -0.2) is 35.4 Å². The fourth-order valence-corrected chi connectivity index (χ4v) is 3.84. The maximum atomic E-state index is 11.8. The monoisotopic (exact) mass is 278 g/mol. The zero-order valence-electron chi connectivity index (χ0n) is 9.75. The van der Waals surface area contributed by atoms with Gasteiger partial charge in [-0.15, -0.1) is 0 Å². The van der Waals surface area contributed by atoms with Crippen molar-refractivity contribution in [3.8, 4) is 11.3 Å². The number of sulfone groups is 1. The van der Waals surface area contributed by atoms with Gasteiger partial charge in [-0.25, -0.2) is 13.2 Å². The second-order valence-corrected chi connectivity index (χ2v) is 6.40. The maximum Gasteiger partial charge on any atom is 0.353 e. The number of carboxylic acid groups (broad SMARTS) is 1. The van der Waals surface area contributed by atoms with Crippen molar-refractivity contribution in [1.82, 2.24) is 10.2 Å². The molecule has 0 spiro atoms. The van der Waals surface area contributed by atoms with Gasteiger partial charge in [0.15, 0.2) is 9.84 Å². The van der Waals surface area contributed by atoms with Crippen molar-refractivity contribution < 1.29 is 18.3 Å². The zero-order valence-corrected chi connectivity index (χ0v) is 10.6. The Morgan fingerprint density at radius 3 is 2.84 bits per heavy atom. The molecule has 2 N–H and O–H groups in total. The summed E-state index contributed by atoms with van der Waals surface area (Å²) in [7, 11) is -3.20. The van der Waals surface area contributed by atoms with Gasteiger partial charge in [0.25, 0.3) is 0 Å². The standard InChI is InChI=1S/C12H10N2O4S/c15-12(16)10-6-9(13-14-10)7-2-1-3-11-8(7)4-5-19(11,17)18/h1-3,6H,4-5H2,(H,13,14)(H,15,16). The van der Waals surface area contributed by atoms with E-state index in [1.165, 1.54) is 6.07 Å². The largest absolute Gasteiger partial charge is 0.477 e. The van der Waals surface area contributed by atoms with E-state index >= 15 is 0 Å². The molecule has 3 rings (SSSR count). The lowest BCUT2D eigenvalue weighted by Gasteiger charge is -2.03. The van der Waals surface area contributed by atoms with Crippen molar-refractivity contribution in [2.75, 3.05) is 5.75 Å². The Balaban J connectivity index is 2.17. The van der Waals surface area contributed by atoms with Gasteiger partial charge in [0.2, 0.25) is 0 Å². The van der Waals surface area contributed by atoms with Gasteiger partial charge < -0.3 is 5.11 Å². The van der Waals surface area contributed by atoms with Gasteiger partial charge in [0, 0.05) is 5.56 Å². The minimum absolute atomic E-state index is 0.0199. The predicted molar refractivity (Wildman–Crippen MR) is 66.7 cm³/mol. The van der Waals surface area contributed by atoms with E-state index in [9.17, 15) is 13.2 Å². The van der Waals surface area contributed by atoms with Crippen LogP contribution in [0.2, 0.25) is 0 Å². The fourth-order valence-electron chi connectivity index (χ4n) is 2.27. The molecule has 2 aromatic rings. The quantitative estimate of drug-likeness (QED) is 0.857. The van der Waals surface area contributed by atoms with Crippen molar-refractivity contribution in [2.45, 2.75) is 11.3 Å². The van der Waals surface area contributed by atoms with E-state index in [0.717, 1.165) is 0 Å². The number of nitrogens with zero attached hydrogens (tertiary/aromatic N) is 1. The lowest BCUT2D eigenvalue weighted by molar-refractivity contribution is 0.0690. The van der Waals surface area contributed by atoms with Crippen LogP contribution >= 0.6 is 0 Å². The van der Waals surface area contributed by atoms with Gasteiger partial charge in [-0.3, -0.25) is 5.10 Å². The van der Waals surface area contributed by atoms with E-state index in [4.69, 9.17) is 5.11 Å². The number of carbonyl (C=O) groups is 1. The Kier molecular flexibility index (Phi) is 2.46. The summed E-state index contributed by atoms with van der Waals surface area (Å²) >= 11 is 0. The lowest BCUT2D eigenvalue weighted by Crippen LogP contribution is -1.98. The molecule has 0 amide bonds. The van der Waals surface area contributed by atoms with Crippen molar-refractivity contribution in [1.29, 1.82) is 0 Å². The summed E-state index contributed by atoms with van der Waals surface area (Å²) in [4.78, 5) is 11.1. The van der Waals surface area contributed by atoms with E-state index in [2.05, 4.69) is 10.2 Å². The number of hydrogen-bond donors (Lipinski definition) is 2. The molecule has 7 heteroatoms. The highest BCUT2D eigenvalue weighted by Crippen LogP contribution is 2.33. The van der Waals surface area contributed by atoms with E-state index in [1.54, 1.807) is 18.2 Å². The molecule has 98 valence electrons.